The molecule has 0 amide bonds. The van der Waals surface area contributed by atoms with Crippen molar-refractivity contribution in [3.8, 4) is 0 Å². The molecule has 84 valence electrons. The number of nitrogens with zero attached hydrogens (tertiary/aromatic N) is 2. The second-order valence-electron chi connectivity index (χ2n) is 3.81. The molecule has 0 unspecified atom stereocenters. The van der Waals surface area contributed by atoms with E-state index in [1.54, 1.807) is 23.1 Å². The molecule has 0 aliphatic heterocycles. The Morgan fingerprint density at radius 3 is 2.60 bits per heavy atom. The van der Waals surface area contributed by atoms with Gasteiger partial charge in [-0.05, 0) is 24.5 Å². The van der Waals surface area contributed by atoms with Crippen molar-refractivity contribution in [3.63, 3.8) is 0 Å². The van der Waals surface area contributed by atoms with E-state index in [9.17, 15) is 0 Å². The summed E-state index contributed by atoms with van der Waals surface area (Å²) >= 11 is 8.87. The van der Waals surface area contributed by atoms with E-state index in [0.29, 0.717) is 5.41 Å². The zero-order valence-electron chi connectivity index (χ0n) is 8.53. The Morgan fingerprint density at radius 1 is 1.40 bits per heavy atom. The summed E-state index contributed by atoms with van der Waals surface area (Å²) < 4.78 is 2.19. The van der Waals surface area contributed by atoms with Gasteiger partial charge in [-0.2, -0.15) is 0 Å². The average Bonchev–Trinajstić information content (AvgIpc) is 2.65. The Bertz CT molecular complexity index is 319. The van der Waals surface area contributed by atoms with E-state index in [2.05, 4.69) is 26.1 Å². The van der Waals surface area contributed by atoms with Gasteiger partial charge in [-0.3, -0.25) is 0 Å². The summed E-state index contributed by atoms with van der Waals surface area (Å²) in [7, 11) is 0. The van der Waals surface area contributed by atoms with Gasteiger partial charge in [0.15, 0.2) is 8.68 Å². The summed E-state index contributed by atoms with van der Waals surface area (Å²) in [5.41, 5.74) is 0.538. The molecule has 0 aromatic carbocycles. The van der Waals surface area contributed by atoms with Crippen LogP contribution in [0.15, 0.2) is 8.68 Å². The van der Waals surface area contributed by atoms with Crippen LogP contribution in [0.25, 0.3) is 0 Å². The van der Waals surface area contributed by atoms with Crippen LogP contribution in [-0.2, 0) is 0 Å². The van der Waals surface area contributed by atoms with Gasteiger partial charge in [0.25, 0.3) is 0 Å². The van der Waals surface area contributed by atoms with Crippen LogP contribution in [0.3, 0.4) is 0 Å². The molecule has 15 heavy (non-hydrogen) atoms. The second-order valence-corrected chi connectivity index (χ2v) is 7.63. The summed E-state index contributed by atoms with van der Waals surface area (Å²) in [4.78, 5) is 0. The number of hydrogen-bond donors (Lipinski definition) is 0. The molecule has 0 radical (unpaired) electrons. The van der Waals surface area contributed by atoms with Crippen molar-refractivity contribution in [3.05, 3.63) is 0 Å². The van der Waals surface area contributed by atoms with Crippen molar-refractivity contribution >= 4 is 50.8 Å². The van der Waals surface area contributed by atoms with Gasteiger partial charge in [-0.25, -0.2) is 0 Å². The van der Waals surface area contributed by atoms with Crippen LogP contribution in [0.4, 0.5) is 0 Å². The minimum absolute atomic E-state index is 0.538. The first-order chi connectivity index (χ1) is 7.28. The van der Waals surface area contributed by atoms with E-state index < -0.39 is 0 Å². The highest BCUT2D eigenvalue weighted by atomic mass is 79.9. The molecule has 1 fully saturated rings. The van der Waals surface area contributed by atoms with Crippen LogP contribution in [0.2, 0.25) is 0 Å². The molecule has 0 saturated heterocycles. The van der Waals surface area contributed by atoms with Crippen molar-refractivity contribution in [1.29, 1.82) is 0 Å². The molecule has 1 saturated carbocycles. The Labute approximate surface area is 111 Å². The van der Waals surface area contributed by atoms with Gasteiger partial charge in [-0.15, -0.1) is 10.2 Å². The molecule has 1 aliphatic carbocycles. The maximum Gasteiger partial charge on any atom is 0.175 e. The lowest BCUT2D eigenvalue weighted by atomic mass is 9.72. The lowest BCUT2D eigenvalue weighted by Gasteiger charge is -2.39. The SMILES string of the molecule is CSc1nnc(SCC2(CBr)CCC2)s1. The predicted molar refractivity (Wildman–Crippen MR) is 72.5 cm³/mol. The fraction of sp³-hybridized carbons (Fsp3) is 0.778. The monoisotopic (exact) mass is 324 g/mol. The fourth-order valence-electron chi connectivity index (χ4n) is 1.55. The van der Waals surface area contributed by atoms with Gasteiger partial charge in [0.2, 0.25) is 0 Å². The zero-order chi connectivity index (χ0) is 10.7. The molecule has 2 rings (SSSR count). The smallest absolute Gasteiger partial charge is 0.131 e. The molecular formula is C9H13BrN2S3. The average molecular weight is 325 g/mol. The van der Waals surface area contributed by atoms with E-state index in [1.165, 1.54) is 25.0 Å². The molecule has 1 heterocycles. The van der Waals surface area contributed by atoms with Crippen molar-refractivity contribution < 1.29 is 0 Å². The molecule has 2 nitrogen and oxygen atoms in total. The van der Waals surface area contributed by atoms with Gasteiger partial charge >= 0.3 is 0 Å². The first-order valence-electron chi connectivity index (χ1n) is 4.84. The number of thioether (sulfide) groups is 2. The van der Waals surface area contributed by atoms with Crippen LogP contribution >= 0.6 is 50.8 Å². The standard InChI is InChI=1S/C9H13BrN2S3/c1-13-7-11-12-8(15-7)14-6-9(5-10)3-2-4-9/h2-6H2,1H3. The van der Waals surface area contributed by atoms with Crippen LogP contribution in [0.5, 0.6) is 0 Å². The fourth-order valence-corrected chi connectivity index (χ4v) is 5.30. The van der Waals surface area contributed by atoms with Crippen molar-refractivity contribution in [1.82, 2.24) is 10.2 Å². The third-order valence-electron chi connectivity index (χ3n) is 2.76. The number of aromatic nitrogens is 2. The van der Waals surface area contributed by atoms with Gasteiger partial charge in [0.1, 0.15) is 0 Å². The number of hydrogen-bond acceptors (Lipinski definition) is 5. The number of halogens is 1. The van der Waals surface area contributed by atoms with E-state index in [0.717, 1.165) is 14.0 Å². The molecule has 0 bridgehead atoms. The molecule has 1 aromatic heterocycles. The molecule has 0 spiro atoms. The van der Waals surface area contributed by atoms with Gasteiger partial charge in [0.05, 0.1) is 0 Å². The van der Waals surface area contributed by atoms with Crippen molar-refractivity contribution in [2.45, 2.75) is 27.9 Å². The van der Waals surface area contributed by atoms with Crippen LogP contribution in [-0.4, -0.2) is 27.5 Å². The molecule has 0 N–H and O–H groups in total. The molecule has 1 aliphatic rings. The summed E-state index contributed by atoms with van der Waals surface area (Å²) in [6.07, 6.45) is 6.15. The van der Waals surface area contributed by atoms with Crippen molar-refractivity contribution in [2.75, 3.05) is 17.3 Å². The zero-order valence-corrected chi connectivity index (χ0v) is 12.6. The van der Waals surface area contributed by atoms with Crippen LogP contribution in [0.1, 0.15) is 19.3 Å². The lowest BCUT2D eigenvalue weighted by Crippen LogP contribution is -2.33. The quantitative estimate of drug-likeness (QED) is 0.605. The minimum atomic E-state index is 0.538. The summed E-state index contributed by atoms with van der Waals surface area (Å²) in [6, 6.07) is 0. The van der Waals surface area contributed by atoms with E-state index in [1.807, 2.05) is 18.0 Å². The molecule has 0 atom stereocenters. The maximum atomic E-state index is 4.18. The summed E-state index contributed by atoms with van der Waals surface area (Å²) in [6.45, 7) is 0. The Morgan fingerprint density at radius 2 is 2.13 bits per heavy atom. The van der Waals surface area contributed by atoms with E-state index in [-0.39, 0.29) is 0 Å². The Kier molecular flexibility index (Phi) is 4.38. The van der Waals surface area contributed by atoms with Crippen LogP contribution < -0.4 is 0 Å². The first-order valence-corrected chi connectivity index (χ1v) is 8.99. The van der Waals surface area contributed by atoms with Gasteiger partial charge in [0, 0.05) is 11.1 Å². The van der Waals surface area contributed by atoms with Gasteiger partial charge in [-0.1, -0.05) is 57.2 Å². The highest BCUT2D eigenvalue weighted by molar-refractivity contribution is 9.09. The maximum absolute atomic E-state index is 4.18. The Balaban J connectivity index is 1.86. The van der Waals surface area contributed by atoms with E-state index in [4.69, 9.17) is 0 Å². The van der Waals surface area contributed by atoms with Gasteiger partial charge < -0.3 is 0 Å². The second kappa shape index (κ2) is 5.38. The Hall–Kier alpha value is 0.740. The largest absolute Gasteiger partial charge is 0.175 e. The topological polar surface area (TPSA) is 25.8 Å². The summed E-state index contributed by atoms with van der Waals surface area (Å²) in [5.74, 6) is 1.18. The molecule has 1 aromatic rings. The van der Waals surface area contributed by atoms with E-state index >= 15 is 0 Å². The minimum Gasteiger partial charge on any atom is -0.131 e. The highest BCUT2D eigenvalue weighted by Crippen LogP contribution is 2.46. The third-order valence-corrected chi connectivity index (χ3v) is 7.33. The molecular weight excluding hydrogens is 312 g/mol. The van der Waals surface area contributed by atoms with Crippen molar-refractivity contribution in [2.24, 2.45) is 5.41 Å². The van der Waals surface area contributed by atoms with Crippen LogP contribution in [0, 0.1) is 5.41 Å². The molecule has 6 heteroatoms. The predicted octanol–water partition coefficient (Wildman–Crippen LogP) is 3.92. The normalized spacial score (nSPS) is 18.8. The third kappa shape index (κ3) is 2.90. The highest BCUT2D eigenvalue weighted by Gasteiger charge is 2.36. The first kappa shape index (κ1) is 12.2. The number of alkyl halides is 1. The lowest BCUT2D eigenvalue weighted by molar-refractivity contribution is 0.206. The summed E-state index contributed by atoms with van der Waals surface area (Å²) in [5, 5.41) is 9.41. The number of rotatable bonds is 5.